The number of fused-ring (bicyclic) bond motifs is 1. The van der Waals surface area contributed by atoms with Gasteiger partial charge in [-0.3, -0.25) is 4.79 Å². The van der Waals surface area contributed by atoms with Crippen LogP contribution < -0.4 is 0 Å². The van der Waals surface area contributed by atoms with Crippen molar-refractivity contribution in [2.24, 2.45) is 0 Å². The van der Waals surface area contributed by atoms with Crippen LogP contribution in [0.2, 0.25) is 0 Å². The number of nitrogens with zero attached hydrogens (tertiary/aromatic N) is 1. The lowest BCUT2D eigenvalue weighted by Crippen LogP contribution is -2.38. The summed E-state index contributed by atoms with van der Waals surface area (Å²) in [5, 5.41) is 1.34. The normalized spacial score (nSPS) is 15.5. The van der Waals surface area contributed by atoms with Crippen LogP contribution >= 0.6 is 0 Å². The Morgan fingerprint density at radius 3 is 2.54 bits per heavy atom. The van der Waals surface area contributed by atoms with Crippen LogP contribution in [0.1, 0.15) is 41.1 Å². The Morgan fingerprint density at radius 1 is 1.08 bits per heavy atom. The molecular weight excluding hydrogens is 320 g/mol. The molecule has 0 saturated carbocycles. The van der Waals surface area contributed by atoms with Gasteiger partial charge in [0, 0.05) is 35.6 Å². The summed E-state index contributed by atoms with van der Waals surface area (Å²) < 4.78 is 0. The Kier molecular flexibility index (Phi) is 4.54. The van der Waals surface area contributed by atoms with Crippen LogP contribution in [-0.4, -0.2) is 28.9 Å². The second kappa shape index (κ2) is 6.99. The first-order valence-corrected chi connectivity index (χ1v) is 9.52. The van der Waals surface area contributed by atoms with Crippen molar-refractivity contribution >= 4 is 16.8 Å². The molecule has 3 heteroatoms. The monoisotopic (exact) mass is 346 g/mol. The van der Waals surface area contributed by atoms with Crippen molar-refractivity contribution < 1.29 is 4.79 Å². The number of carbonyl (C=O) groups is 1. The second-order valence-corrected chi connectivity index (χ2v) is 7.53. The summed E-state index contributed by atoms with van der Waals surface area (Å²) in [4.78, 5) is 18.2. The number of piperidine rings is 1. The number of amides is 1. The highest BCUT2D eigenvalue weighted by atomic mass is 16.2. The molecule has 1 aromatic heterocycles. The fourth-order valence-electron chi connectivity index (χ4n) is 4.17. The molecule has 26 heavy (non-hydrogen) atoms. The largest absolute Gasteiger partial charge is 0.358 e. The number of nitrogens with one attached hydrogen (secondary N) is 1. The summed E-state index contributed by atoms with van der Waals surface area (Å²) in [6, 6.07) is 16.6. The van der Waals surface area contributed by atoms with Crippen LogP contribution in [0.15, 0.2) is 48.5 Å². The highest BCUT2D eigenvalue weighted by Gasteiger charge is 2.26. The fraction of sp³-hybridized carbons (Fsp3) is 0.348. The van der Waals surface area contributed by atoms with E-state index in [1.165, 1.54) is 27.7 Å². The van der Waals surface area contributed by atoms with Gasteiger partial charge in [0.1, 0.15) is 0 Å². The minimum atomic E-state index is 0.249. The van der Waals surface area contributed by atoms with Crippen LogP contribution in [-0.2, 0) is 11.2 Å². The molecule has 0 radical (unpaired) electrons. The molecule has 0 spiro atoms. The lowest BCUT2D eigenvalue weighted by atomic mass is 9.91. The highest BCUT2D eigenvalue weighted by Crippen LogP contribution is 2.33. The maximum absolute atomic E-state index is 12.6. The third-order valence-corrected chi connectivity index (χ3v) is 5.71. The fourth-order valence-corrected chi connectivity index (χ4v) is 4.17. The molecule has 0 bridgehead atoms. The van der Waals surface area contributed by atoms with Gasteiger partial charge < -0.3 is 9.88 Å². The Balaban J connectivity index is 1.44. The maximum Gasteiger partial charge on any atom is 0.226 e. The van der Waals surface area contributed by atoms with Crippen LogP contribution in [0.4, 0.5) is 0 Å². The SMILES string of the molecule is Cc1ccc2[nH]c(C3CCN(C(=O)Cc4ccccc4)CC3)c(C)c2c1. The van der Waals surface area contributed by atoms with Gasteiger partial charge in [-0.25, -0.2) is 0 Å². The third kappa shape index (κ3) is 3.26. The summed E-state index contributed by atoms with van der Waals surface area (Å²) >= 11 is 0. The third-order valence-electron chi connectivity index (χ3n) is 5.71. The van der Waals surface area contributed by atoms with Crippen LogP contribution in [0.3, 0.4) is 0 Å². The average molecular weight is 346 g/mol. The van der Waals surface area contributed by atoms with E-state index in [0.717, 1.165) is 31.5 Å². The number of H-pyrrole nitrogens is 1. The van der Waals surface area contributed by atoms with E-state index < -0.39 is 0 Å². The van der Waals surface area contributed by atoms with Gasteiger partial charge in [0.15, 0.2) is 0 Å². The molecule has 2 aromatic carbocycles. The summed E-state index contributed by atoms with van der Waals surface area (Å²) in [5.74, 6) is 0.766. The zero-order valence-electron chi connectivity index (χ0n) is 15.6. The molecule has 0 aliphatic carbocycles. The number of aromatic nitrogens is 1. The van der Waals surface area contributed by atoms with Crippen molar-refractivity contribution in [1.29, 1.82) is 0 Å². The predicted molar refractivity (Wildman–Crippen MR) is 106 cm³/mol. The molecule has 134 valence electrons. The van der Waals surface area contributed by atoms with E-state index in [-0.39, 0.29) is 5.91 Å². The van der Waals surface area contributed by atoms with Crippen molar-refractivity contribution in [2.75, 3.05) is 13.1 Å². The number of rotatable bonds is 3. The van der Waals surface area contributed by atoms with Crippen LogP contribution in [0.25, 0.3) is 10.9 Å². The van der Waals surface area contributed by atoms with E-state index in [1.807, 2.05) is 35.2 Å². The van der Waals surface area contributed by atoms with E-state index >= 15 is 0 Å². The summed E-state index contributed by atoms with van der Waals surface area (Å²) in [6.07, 6.45) is 2.58. The summed E-state index contributed by atoms with van der Waals surface area (Å²) in [5.41, 5.74) is 6.36. The summed E-state index contributed by atoms with van der Waals surface area (Å²) in [6.45, 7) is 6.07. The molecule has 3 aromatic rings. The topological polar surface area (TPSA) is 36.1 Å². The van der Waals surface area contributed by atoms with Gasteiger partial charge in [0.05, 0.1) is 6.42 Å². The predicted octanol–water partition coefficient (Wildman–Crippen LogP) is 4.73. The Labute approximate surface area is 155 Å². The quantitative estimate of drug-likeness (QED) is 0.731. The smallest absolute Gasteiger partial charge is 0.226 e. The maximum atomic E-state index is 12.6. The van der Waals surface area contributed by atoms with E-state index in [9.17, 15) is 4.79 Å². The number of benzene rings is 2. The molecule has 3 nitrogen and oxygen atoms in total. The van der Waals surface area contributed by atoms with Crippen molar-refractivity contribution in [3.63, 3.8) is 0 Å². The number of likely N-dealkylation sites (tertiary alicyclic amines) is 1. The van der Waals surface area contributed by atoms with Crippen molar-refractivity contribution in [3.05, 3.63) is 70.9 Å². The molecule has 1 amide bonds. The van der Waals surface area contributed by atoms with Crippen molar-refractivity contribution in [3.8, 4) is 0 Å². The van der Waals surface area contributed by atoms with Gasteiger partial charge in [-0.15, -0.1) is 0 Å². The Morgan fingerprint density at radius 2 is 1.81 bits per heavy atom. The summed E-state index contributed by atoms with van der Waals surface area (Å²) in [7, 11) is 0. The number of carbonyl (C=O) groups excluding carboxylic acids is 1. The van der Waals surface area contributed by atoms with Crippen LogP contribution in [0.5, 0.6) is 0 Å². The van der Waals surface area contributed by atoms with E-state index in [4.69, 9.17) is 0 Å². The zero-order chi connectivity index (χ0) is 18.1. The standard InChI is InChI=1S/C23H26N2O/c1-16-8-9-21-20(14-16)17(2)23(24-21)19-10-12-25(13-11-19)22(26)15-18-6-4-3-5-7-18/h3-9,14,19,24H,10-13,15H2,1-2H3. The molecule has 0 atom stereocenters. The van der Waals surface area contributed by atoms with E-state index in [0.29, 0.717) is 12.3 Å². The molecule has 4 rings (SSSR count). The van der Waals surface area contributed by atoms with Crippen LogP contribution in [0, 0.1) is 13.8 Å². The van der Waals surface area contributed by atoms with Gasteiger partial charge in [0.2, 0.25) is 5.91 Å². The second-order valence-electron chi connectivity index (χ2n) is 7.53. The highest BCUT2D eigenvalue weighted by molar-refractivity contribution is 5.85. The zero-order valence-corrected chi connectivity index (χ0v) is 15.6. The number of hydrogen-bond donors (Lipinski definition) is 1. The Hall–Kier alpha value is -2.55. The molecule has 0 unspecified atom stereocenters. The van der Waals surface area contributed by atoms with Gasteiger partial charge in [0.25, 0.3) is 0 Å². The van der Waals surface area contributed by atoms with Gasteiger partial charge in [-0.2, -0.15) is 0 Å². The lowest BCUT2D eigenvalue weighted by molar-refractivity contribution is -0.131. The molecule has 2 heterocycles. The first-order chi connectivity index (χ1) is 12.6. The minimum Gasteiger partial charge on any atom is -0.358 e. The van der Waals surface area contributed by atoms with Gasteiger partial charge in [-0.1, -0.05) is 42.0 Å². The first-order valence-electron chi connectivity index (χ1n) is 9.52. The van der Waals surface area contributed by atoms with Gasteiger partial charge >= 0.3 is 0 Å². The molecule has 1 saturated heterocycles. The van der Waals surface area contributed by atoms with Crippen molar-refractivity contribution in [2.45, 2.75) is 39.0 Å². The molecule has 1 aliphatic heterocycles. The molecular formula is C23H26N2O. The molecule has 1 N–H and O–H groups in total. The number of aromatic amines is 1. The van der Waals surface area contributed by atoms with E-state index in [2.05, 4.69) is 37.0 Å². The van der Waals surface area contributed by atoms with Crippen molar-refractivity contribution in [1.82, 2.24) is 9.88 Å². The lowest BCUT2D eigenvalue weighted by Gasteiger charge is -2.32. The Bertz CT molecular complexity index is 918. The van der Waals surface area contributed by atoms with Gasteiger partial charge in [-0.05, 0) is 49.9 Å². The number of hydrogen-bond acceptors (Lipinski definition) is 1. The first kappa shape index (κ1) is 16.9. The molecule has 1 fully saturated rings. The van der Waals surface area contributed by atoms with E-state index in [1.54, 1.807) is 0 Å². The molecule has 1 aliphatic rings. The number of aryl methyl sites for hydroxylation is 2. The minimum absolute atomic E-state index is 0.249. The average Bonchev–Trinajstić information content (AvgIpc) is 2.99.